The Hall–Kier alpha value is -1.63. The first-order chi connectivity index (χ1) is 15.0. The number of carbonyl (C=O) groups excluding carboxylic acids is 1. The van der Waals surface area contributed by atoms with Crippen molar-refractivity contribution in [1.82, 2.24) is 5.32 Å². The van der Waals surface area contributed by atoms with Crippen molar-refractivity contribution >= 4 is 5.91 Å². The van der Waals surface area contributed by atoms with Crippen LogP contribution in [0, 0.1) is 17.8 Å². The van der Waals surface area contributed by atoms with Crippen molar-refractivity contribution in [3.05, 3.63) is 29.3 Å². The molecule has 2 aliphatic carbocycles. The highest BCUT2D eigenvalue weighted by atomic mass is 16.5. The van der Waals surface area contributed by atoms with E-state index in [1.165, 1.54) is 24.0 Å². The molecule has 5 atom stereocenters. The summed E-state index contributed by atoms with van der Waals surface area (Å²) in [5.74, 6) is 1.76. The quantitative estimate of drug-likeness (QED) is 0.380. The average molecular weight is 433 g/mol. The van der Waals surface area contributed by atoms with Gasteiger partial charge < -0.3 is 26.0 Å². The van der Waals surface area contributed by atoms with Gasteiger partial charge in [-0.15, -0.1) is 0 Å². The second-order valence-corrected chi connectivity index (χ2v) is 9.35. The van der Waals surface area contributed by atoms with Crippen molar-refractivity contribution in [1.29, 1.82) is 0 Å². The van der Waals surface area contributed by atoms with E-state index >= 15 is 0 Å². The number of benzene rings is 1. The predicted molar refractivity (Wildman–Crippen MR) is 122 cm³/mol. The van der Waals surface area contributed by atoms with Gasteiger partial charge in [0.05, 0.1) is 12.2 Å². The lowest BCUT2D eigenvalue weighted by atomic mass is 9.73. The number of hydrogen-bond acceptors (Lipinski definition) is 5. The number of rotatable bonds is 12. The molecule has 0 unspecified atom stereocenters. The minimum absolute atomic E-state index is 0.00822. The van der Waals surface area contributed by atoms with Gasteiger partial charge in [0.1, 0.15) is 5.75 Å². The second-order valence-electron chi connectivity index (χ2n) is 9.35. The number of carbonyl (C=O) groups is 1. The molecule has 5 N–H and O–H groups in total. The second kappa shape index (κ2) is 11.8. The summed E-state index contributed by atoms with van der Waals surface area (Å²) in [6.45, 7) is 3.03. The molecule has 1 aromatic rings. The van der Waals surface area contributed by atoms with Crippen LogP contribution in [0.25, 0.3) is 0 Å². The van der Waals surface area contributed by atoms with Crippen LogP contribution in [0.1, 0.15) is 63.0 Å². The number of fused-ring (bicyclic) bond motifs is 2. The van der Waals surface area contributed by atoms with E-state index < -0.39 is 0 Å². The lowest BCUT2D eigenvalue weighted by Crippen LogP contribution is -2.33. The molecular weight excluding hydrogens is 392 g/mol. The monoisotopic (exact) mass is 432 g/mol. The van der Waals surface area contributed by atoms with Gasteiger partial charge in [-0.05, 0) is 73.5 Å². The maximum absolute atomic E-state index is 11.9. The number of aliphatic hydroxyl groups excluding tert-OH is 2. The van der Waals surface area contributed by atoms with Gasteiger partial charge in [-0.2, -0.15) is 0 Å². The Morgan fingerprint density at radius 1 is 1.29 bits per heavy atom. The number of aliphatic hydroxyl groups is 2. The molecule has 0 spiro atoms. The van der Waals surface area contributed by atoms with Crippen molar-refractivity contribution in [2.45, 2.75) is 76.9 Å². The molecule has 0 saturated heterocycles. The van der Waals surface area contributed by atoms with Gasteiger partial charge in [0.2, 0.25) is 0 Å². The summed E-state index contributed by atoms with van der Waals surface area (Å²) >= 11 is 0. The molecule has 3 rings (SSSR count). The van der Waals surface area contributed by atoms with Gasteiger partial charge in [0.25, 0.3) is 5.91 Å². The molecule has 31 heavy (non-hydrogen) atoms. The minimum Gasteiger partial charge on any atom is -0.483 e. The molecule has 2 aliphatic rings. The van der Waals surface area contributed by atoms with E-state index in [0.29, 0.717) is 24.9 Å². The Labute approximate surface area is 186 Å². The van der Waals surface area contributed by atoms with Crippen LogP contribution >= 0.6 is 0 Å². The normalized spacial score (nSPS) is 25.5. The van der Waals surface area contributed by atoms with E-state index in [1.54, 1.807) is 0 Å². The van der Waals surface area contributed by atoms with Crippen LogP contribution in [0.4, 0.5) is 0 Å². The molecule has 174 valence electrons. The summed E-state index contributed by atoms with van der Waals surface area (Å²) in [6, 6.07) is 6.07. The lowest BCUT2D eigenvalue weighted by molar-refractivity contribution is -0.123. The Morgan fingerprint density at radius 2 is 2.13 bits per heavy atom. The highest BCUT2D eigenvalue weighted by molar-refractivity contribution is 5.77. The number of ether oxygens (including phenoxy) is 1. The van der Waals surface area contributed by atoms with E-state index in [2.05, 4.69) is 18.3 Å². The zero-order valence-electron chi connectivity index (χ0n) is 18.9. The van der Waals surface area contributed by atoms with E-state index in [1.807, 2.05) is 12.1 Å². The van der Waals surface area contributed by atoms with Crippen LogP contribution in [0.3, 0.4) is 0 Å². The molecule has 1 amide bonds. The Bertz CT molecular complexity index is 711. The summed E-state index contributed by atoms with van der Waals surface area (Å²) in [4.78, 5) is 11.9. The van der Waals surface area contributed by atoms with Crippen molar-refractivity contribution in [2.24, 2.45) is 23.5 Å². The maximum Gasteiger partial charge on any atom is 0.257 e. The van der Waals surface area contributed by atoms with Crippen LogP contribution in [0.5, 0.6) is 5.75 Å². The van der Waals surface area contributed by atoms with Gasteiger partial charge in [0, 0.05) is 13.1 Å². The van der Waals surface area contributed by atoms with Gasteiger partial charge in [0.15, 0.2) is 6.61 Å². The zero-order valence-corrected chi connectivity index (χ0v) is 18.9. The van der Waals surface area contributed by atoms with Crippen molar-refractivity contribution in [2.75, 3.05) is 19.7 Å². The zero-order chi connectivity index (χ0) is 22.2. The minimum atomic E-state index is -0.293. The van der Waals surface area contributed by atoms with E-state index in [9.17, 15) is 15.0 Å². The Kier molecular flexibility index (Phi) is 9.17. The molecule has 1 saturated carbocycles. The van der Waals surface area contributed by atoms with Crippen LogP contribution in [0.2, 0.25) is 0 Å². The molecule has 1 aromatic carbocycles. The number of hydrogen-bond donors (Lipinski definition) is 4. The van der Waals surface area contributed by atoms with Crippen LogP contribution < -0.4 is 15.8 Å². The summed E-state index contributed by atoms with van der Waals surface area (Å²) in [6.07, 6.45) is 8.04. The number of nitrogens with two attached hydrogens (primary N) is 1. The van der Waals surface area contributed by atoms with E-state index in [0.717, 1.165) is 50.7 Å². The lowest BCUT2D eigenvalue weighted by Gasteiger charge is -2.32. The van der Waals surface area contributed by atoms with E-state index in [-0.39, 0.29) is 30.6 Å². The highest BCUT2D eigenvalue weighted by Gasteiger charge is 2.44. The fourth-order valence-electron chi connectivity index (χ4n) is 5.50. The molecule has 0 aromatic heterocycles. The first kappa shape index (κ1) is 24.0. The van der Waals surface area contributed by atoms with Crippen LogP contribution in [0.15, 0.2) is 18.2 Å². The maximum atomic E-state index is 11.9. The Morgan fingerprint density at radius 3 is 2.90 bits per heavy atom. The van der Waals surface area contributed by atoms with Crippen molar-refractivity contribution in [3.63, 3.8) is 0 Å². The summed E-state index contributed by atoms with van der Waals surface area (Å²) < 4.78 is 5.84. The fraction of sp³-hybridized carbons (Fsp3) is 0.720. The topological polar surface area (TPSA) is 105 Å². The van der Waals surface area contributed by atoms with Crippen LogP contribution in [-0.4, -0.2) is 48.0 Å². The van der Waals surface area contributed by atoms with Crippen molar-refractivity contribution < 1.29 is 19.7 Å². The molecule has 1 fully saturated rings. The first-order valence-electron chi connectivity index (χ1n) is 12.1. The third-order valence-corrected chi connectivity index (χ3v) is 7.15. The standard InChI is InChI=1S/C25H40N2O4/c1-2-3-4-7-19(28)9-10-20-21-13-17-6-5-8-24(31-16-25(30)27-12-11-26)22(17)14-18(21)15-23(20)29/h5-6,8,18-21,23,28-29H,2-4,7,9-16,26H2,1H3,(H,27,30)/t18-,19+,20+,21-,23+/m0/s1. The Balaban J connectivity index is 1.59. The third-order valence-electron chi connectivity index (χ3n) is 7.15. The molecule has 0 heterocycles. The fourth-order valence-corrected chi connectivity index (χ4v) is 5.50. The molecule has 0 bridgehead atoms. The summed E-state index contributed by atoms with van der Waals surface area (Å²) in [7, 11) is 0. The molecule has 6 nitrogen and oxygen atoms in total. The summed E-state index contributed by atoms with van der Waals surface area (Å²) in [5.41, 5.74) is 7.87. The molecule has 0 aliphatic heterocycles. The SMILES string of the molecule is CCCCC[C@@H](O)CC[C@@H]1[C@H]2Cc3cccc(OCC(=O)NCCN)c3C[C@H]2C[C@H]1O. The van der Waals surface area contributed by atoms with E-state index in [4.69, 9.17) is 10.5 Å². The number of amides is 1. The molecule has 6 heteroatoms. The van der Waals surface area contributed by atoms with Gasteiger partial charge in [-0.25, -0.2) is 0 Å². The first-order valence-corrected chi connectivity index (χ1v) is 12.1. The van der Waals surface area contributed by atoms with Gasteiger partial charge >= 0.3 is 0 Å². The average Bonchev–Trinajstić information content (AvgIpc) is 3.07. The van der Waals surface area contributed by atoms with Crippen LogP contribution in [-0.2, 0) is 17.6 Å². The largest absolute Gasteiger partial charge is 0.483 e. The highest BCUT2D eigenvalue weighted by Crippen LogP contribution is 2.48. The smallest absolute Gasteiger partial charge is 0.257 e. The molecule has 0 radical (unpaired) electrons. The predicted octanol–water partition coefficient (Wildman–Crippen LogP) is 2.57. The third kappa shape index (κ3) is 6.43. The number of unbranched alkanes of at least 4 members (excludes halogenated alkanes) is 2. The number of nitrogens with one attached hydrogen (secondary N) is 1. The molecular formula is C25H40N2O4. The van der Waals surface area contributed by atoms with Crippen molar-refractivity contribution in [3.8, 4) is 5.75 Å². The van der Waals surface area contributed by atoms with Gasteiger partial charge in [-0.1, -0.05) is 38.3 Å². The van der Waals surface area contributed by atoms with Gasteiger partial charge in [-0.3, -0.25) is 4.79 Å². The summed E-state index contributed by atoms with van der Waals surface area (Å²) in [5, 5.41) is 23.8.